The van der Waals surface area contributed by atoms with Gasteiger partial charge in [-0.25, -0.2) is 4.79 Å². The Kier molecular flexibility index (Phi) is 6.49. The van der Waals surface area contributed by atoms with Gasteiger partial charge in [-0.15, -0.1) is 0 Å². The third kappa shape index (κ3) is 6.43. The second-order valence-electron chi connectivity index (χ2n) is 5.39. The molecule has 0 bridgehead atoms. The molecule has 0 spiro atoms. The van der Waals surface area contributed by atoms with E-state index >= 15 is 0 Å². The predicted molar refractivity (Wildman–Crippen MR) is 91.6 cm³/mol. The molecule has 2 aromatic carbocycles. The highest BCUT2D eigenvalue weighted by Crippen LogP contribution is 2.24. The molecule has 0 saturated carbocycles. The fraction of sp³-hybridized carbons (Fsp3) is 0.222. The zero-order chi connectivity index (χ0) is 19.9. The number of nitrogens with one attached hydrogen (secondary N) is 2. The van der Waals surface area contributed by atoms with Gasteiger partial charge in [-0.05, 0) is 35.9 Å². The molecule has 142 valence electrons. The molecule has 0 fully saturated rings. The molecule has 0 aliphatic heterocycles. The highest BCUT2D eigenvalue weighted by molar-refractivity contribution is 5.89. The number of benzene rings is 2. The van der Waals surface area contributed by atoms with Crippen molar-refractivity contribution in [3.05, 3.63) is 53.6 Å². The molecule has 0 saturated heterocycles. The number of rotatable bonds is 6. The van der Waals surface area contributed by atoms with Gasteiger partial charge in [0.1, 0.15) is 17.6 Å². The van der Waals surface area contributed by atoms with Crippen molar-refractivity contribution in [2.45, 2.75) is 12.7 Å². The van der Waals surface area contributed by atoms with Gasteiger partial charge in [-0.2, -0.15) is 18.4 Å². The van der Waals surface area contributed by atoms with Gasteiger partial charge in [-0.1, -0.05) is 12.1 Å². The van der Waals surface area contributed by atoms with Crippen molar-refractivity contribution in [3.63, 3.8) is 0 Å². The summed E-state index contributed by atoms with van der Waals surface area (Å²) >= 11 is 0. The second kappa shape index (κ2) is 8.80. The maximum Gasteiger partial charge on any atom is 0.422 e. The Morgan fingerprint density at radius 2 is 2.00 bits per heavy atom. The van der Waals surface area contributed by atoms with Crippen LogP contribution in [-0.2, 0) is 6.54 Å². The summed E-state index contributed by atoms with van der Waals surface area (Å²) in [4.78, 5) is 12.0. The number of carbonyl (C=O) groups excluding carboxylic acids is 1. The van der Waals surface area contributed by atoms with Crippen LogP contribution in [0.2, 0.25) is 0 Å². The smallest absolute Gasteiger partial charge is 0.422 e. The standard InChI is InChI=1S/C18H16F3N3O3/c1-26-15-4-2-3-12(7-15)10-23-17(25)24-14-5-6-16(13(8-14)9-22)27-11-18(19,20)21/h2-8H,10-11H2,1H3,(H2,23,24,25). The first-order chi connectivity index (χ1) is 12.8. The number of alkyl halides is 3. The highest BCUT2D eigenvalue weighted by atomic mass is 19.4. The molecule has 2 aromatic rings. The summed E-state index contributed by atoms with van der Waals surface area (Å²) in [5, 5.41) is 14.2. The average molecular weight is 379 g/mol. The summed E-state index contributed by atoms with van der Waals surface area (Å²) in [6, 6.07) is 12.1. The lowest BCUT2D eigenvalue weighted by molar-refractivity contribution is -0.153. The molecule has 2 rings (SSSR count). The number of hydrogen-bond donors (Lipinski definition) is 2. The van der Waals surface area contributed by atoms with E-state index in [2.05, 4.69) is 15.4 Å². The molecule has 0 aliphatic carbocycles. The molecule has 0 aliphatic rings. The highest BCUT2D eigenvalue weighted by Gasteiger charge is 2.28. The first kappa shape index (κ1) is 19.9. The quantitative estimate of drug-likeness (QED) is 0.799. The number of ether oxygens (including phenoxy) is 2. The van der Waals surface area contributed by atoms with Crippen molar-refractivity contribution in [2.75, 3.05) is 19.0 Å². The van der Waals surface area contributed by atoms with Gasteiger partial charge in [0.15, 0.2) is 6.61 Å². The number of halogens is 3. The first-order valence-corrected chi connectivity index (χ1v) is 7.72. The molecule has 9 heteroatoms. The predicted octanol–water partition coefficient (Wildman–Crippen LogP) is 3.83. The molecule has 0 heterocycles. The lowest BCUT2D eigenvalue weighted by Crippen LogP contribution is -2.28. The minimum atomic E-state index is -4.51. The van der Waals surface area contributed by atoms with Crippen molar-refractivity contribution < 1.29 is 27.4 Å². The third-order valence-corrected chi connectivity index (χ3v) is 3.34. The maximum absolute atomic E-state index is 12.2. The lowest BCUT2D eigenvalue weighted by atomic mass is 10.2. The number of amides is 2. The van der Waals surface area contributed by atoms with Crippen molar-refractivity contribution in [3.8, 4) is 17.6 Å². The van der Waals surface area contributed by atoms with Crippen molar-refractivity contribution in [1.29, 1.82) is 5.26 Å². The van der Waals surface area contributed by atoms with Gasteiger partial charge in [0.25, 0.3) is 0 Å². The van der Waals surface area contributed by atoms with Crippen LogP contribution in [0.15, 0.2) is 42.5 Å². The Hall–Kier alpha value is -3.41. The monoisotopic (exact) mass is 379 g/mol. The van der Waals surface area contributed by atoms with Gasteiger partial charge in [0, 0.05) is 12.2 Å². The van der Waals surface area contributed by atoms with E-state index < -0.39 is 18.8 Å². The largest absolute Gasteiger partial charge is 0.497 e. The summed E-state index contributed by atoms with van der Waals surface area (Å²) < 4.78 is 46.3. The number of nitriles is 1. The Balaban J connectivity index is 1.96. The Bertz CT molecular complexity index is 848. The van der Waals surface area contributed by atoms with Gasteiger partial charge in [0.05, 0.1) is 12.7 Å². The van der Waals surface area contributed by atoms with Gasteiger partial charge in [-0.3, -0.25) is 0 Å². The Labute approximate surface area is 153 Å². The average Bonchev–Trinajstić information content (AvgIpc) is 2.64. The van der Waals surface area contributed by atoms with Gasteiger partial charge < -0.3 is 20.1 Å². The molecular formula is C18H16F3N3O3. The molecule has 6 nitrogen and oxygen atoms in total. The number of carbonyl (C=O) groups is 1. The van der Waals surface area contributed by atoms with E-state index in [0.29, 0.717) is 5.75 Å². The number of methoxy groups -OCH3 is 1. The molecule has 0 aromatic heterocycles. The van der Waals surface area contributed by atoms with Crippen molar-refractivity contribution in [2.24, 2.45) is 0 Å². The third-order valence-electron chi connectivity index (χ3n) is 3.34. The van der Waals surface area contributed by atoms with E-state index in [4.69, 9.17) is 10.00 Å². The number of anilines is 1. The molecule has 0 radical (unpaired) electrons. The van der Waals surface area contributed by atoms with Crippen LogP contribution >= 0.6 is 0 Å². The van der Waals surface area contributed by atoms with E-state index in [1.54, 1.807) is 24.3 Å². The number of urea groups is 1. The fourth-order valence-electron chi connectivity index (χ4n) is 2.12. The Morgan fingerprint density at radius 1 is 1.22 bits per heavy atom. The molecule has 2 N–H and O–H groups in total. The molecule has 0 unspecified atom stereocenters. The molecule has 2 amide bonds. The van der Waals surface area contributed by atoms with Crippen LogP contribution in [0.3, 0.4) is 0 Å². The van der Waals surface area contributed by atoms with Crippen LogP contribution in [0.1, 0.15) is 11.1 Å². The van der Waals surface area contributed by atoms with Crippen molar-refractivity contribution in [1.82, 2.24) is 5.32 Å². The molecule has 27 heavy (non-hydrogen) atoms. The summed E-state index contributed by atoms with van der Waals surface area (Å²) in [7, 11) is 1.54. The normalized spacial score (nSPS) is 10.6. The second-order valence-corrected chi connectivity index (χ2v) is 5.39. The van der Waals surface area contributed by atoms with Crippen LogP contribution in [0.5, 0.6) is 11.5 Å². The van der Waals surface area contributed by atoms with E-state index in [1.807, 2.05) is 6.07 Å². The van der Waals surface area contributed by atoms with E-state index in [1.165, 1.54) is 25.3 Å². The van der Waals surface area contributed by atoms with Gasteiger partial charge in [0.2, 0.25) is 0 Å². The minimum absolute atomic E-state index is 0.121. The van der Waals surface area contributed by atoms with E-state index in [0.717, 1.165) is 5.56 Å². The molecule has 0 atom stereocenters. The van der Waals surface area contributed by atoms with E-state index in [9.17, 15) is 18.0 Å². The number of hydrogen-bond acceptors (Lipinski definition) is 4. The summed E-state index contributed by atoms with van der Waals surface area (Å²) in [5.41, 5.74) is 0.942. The summed E-state index contributed by atoms with van der Waals surface area (Å²) in [6.07, 6.45) is -4.51. The number of nitrogens with zero attached hydrogens (tertiary/aromatic N) is 1. The van der Waals surface area contributed by atoms with Crippen LogP contribution in [0.4, 0.5) is 23.7 Å². The Morgan fingerprint density at radius 3 is 2.67 bits per heavy atom. The van der Waals surface area contributed by atoms with Crippen LogP contribution in [0.25, 0.3) is 0 Å². The minimum Gasteiger partial charge on any atom is -0.497 e. The van der Waals surface area contributed by atoms with Crippen LogP contribution < -0.4 is 20.1 Å². The lowest BCUT2D eigenvalue weighted by Gasteiger charge is -2.12. The SMILES string of the molecule is COc1cccc(CNC(=O)Nc2ccc(OCC(F)(F)F)c(C#N)c2)c1. The molecular weight excluding hydrogens is 363 g/mol. The van der Waals surface area contributed by atoms with E-state index in [-0.39, 0.29) is 23.5 Å². The van der Waals surface area contributed by atoms with Gasteiger partial charge >= 0.3 is 12.2 Å². The van der Waals surface area contributed by atoms with Crippen molar-refractivity contribution >= 4 is 11.7 Å². The topological polar surface area (TPSA) is 83.4 Å². The van der Waals surface area contributed by atoms with Crippen LogP contribution in [-0.4, -0.2) is 25.9 Å². The summed E-state index contributed by atoms with van der Waals surface area (Å²) in [6.45, 7) is -1.27. The zero-order valence-electron chi connectivity index (χ0n) is 14.3. The first-order valence-electron chi connectivity index (χ1n) is 7.72. The maximum atomic E-state index is 12.2. The van der Waals surface area contributed by atoms with Crippen LogP contribution in [0, 0.1) is 11.3 Å². The fourth-order valence-corrected chi connectivity index (χ4v) is 2.12. The summed E-state index contributed by atoms with van der Waals surface area (Å²) in [5.74, 6) is 0.444. The zero-order valence-corrected chi connectivity index (χ0v) is 14.3.